The van der Waals surface area contributed by atoms with E-state index in [1.807, 2.05) is 59.5 Å². The third-order valence-electron chi connectivity index (χ3n) is 7.87. The van der Waals surface area contributed by atoms with E-state index in [-0.39, 0.29) is 17.7 Å². The molecule has 0 saturated carbocycles. The zero-order valence-electron chi connectivity index (χ0n) is 18.8. The molecule has 2 saturated heterocycles. The van der Waals surface area contributed by atoms with Crippen LogP contribution in [0.5, 0.6) is 0 Å². The summed E-state index contributed by atoms with van der Waals surface area (Å²) < 4.78 is 0. The van der Waals surface area contributed by atoms with Crippen LogP contribution in [0.2, 0.25) is 0 Å². The molecule has 0 atom stereocenters. The molecule has 2 fully saturated rings. The summed E-state index contributed by atoms with van der Waals surface area (Å²) in [6.45, 7) is 5.74. The van der Waals surface area contributed by atoms with E-state index in [0.717, 1.165) is 16.8 Å². The van der Waals surface area contributed by atoms with Crippen molar-refractivity contribution in [1.29, 1.82) is 0 Å². The van der Waals surface area contributed by atoms with Gasteiger partial charge in [0.1, 0.15) is 0 Å². The number of hydrogen-bond acceptors (Lipinski definition) is 3. The molecule has 3 heterocycles. The van der Waals surface area contributed by atoms with Gasteiger partial charge in [-0.3, -0.25) is 14.4 Å². The van der Waals surface area contributed by atoms with Crippen LogP contribution in [-0.4, -0.2) is 53.7 Å². The Morgan fingerprint density at radius 3 is 2.12 bits per heavy atom. The highest BCUT2D eigenvalue weighted by Crippen LogP contribution is 2.46. The van der Waals surface area contributed by atoms with Gasteiger partial charge in [0.25, 0.3) is 0 Å². The van der Waals surface area contributed by atoms with Crippen molar-refractivity contribution in [2.24, 2.45) is 0 Å². The van der Waals surface area contributed by atoms with Crippen LogP contribution in [0.1, 0.15) is 36.8 Å². The molecule has 3 aliphatic rings. The number of fused-ring (bicyclic) bond motifs is 2. The maximum absolute atomic E-state index is 14.1. The minimum atomic E-state index is -0.653. The topological polar surface area (TPSA) is 69.7 Å². The molecule has 1 N–H and O–H groups in total. The normalized spacial score (nSPS) is 20.8. The number of carbonyl (C=O) groups is 3. The molecule has 1 spiro atoms. The number of likely N-dealkylation sites (tertiary alicyclic amines) is 2. The number of nitrogens with zero attached hydrogens (tertiary/aromatic N) is 2. The van der Waals surface area contributed by atoms with Gasteiger partial charge in [0.05, 0.1) is 10.8 Å². The summed E-state index contributed by atoms with van der Waals surface area (Å²) >= 11 is 0. The van der Waals surface area contributed by atoms with Gasteiger partial charge in [-0.15, -0.1) is 0 Å². The highest BCUT2D eigenvalue weighted by molar-refractivity contribution is 6.06. The highest BCUT2D eigenvalue weighted by Gasteiger charge is 2.51. The van der Waals surface area contributed by atoms with Crippen molar-refractivity contribution >= 4 is 23.4 Å². The molecular weight excluding hydrogens is 414 g/mol. The van der Waals surface area contributed by atoms with E-state index in [0.29, 0.717) is 51.9 Å². The number of piperidine rings is 2. The van der Waals surface area contributed by atoms with Crippen LogP contribution >= 0.6 is 0 Å². The van der Waals surface area contributed by atoms with E-state index in [9.17, 15) is 14.4 Å². The molecule has 6 heteroatoms. The highest BCUT2D eigenvalue weighted by atomic mass is 16.2. The second-order valence-electron chi connectivity index (χ2n) is 9.35. The Bertz CT molecular complexity index is 1090. The largest absolute Gasteiger partial charge is 0.342 e. The van der Waals surface area contributed by atoms with Crippen molar-refractivity contribution in [1.82, 2.24) is 9.80 Å². The van der Waals surface area contributed by atoms with E-state index in [2.05, 4.69) is 11.9 Å². The van der Waals surface area contributed by atoms with Gasteiger partial charge >= 0.3 is 0 Å². The SMILES string of the molecule is C=CC(=O)N1CCC(C(=O)N2CCC3(CC2)C(=O)Nc2ccccc23)(c2ccccc2)CC1. The van der Waals surface area contributed by atoms with Crippen molar-refractivity contribution in [3.8, 4) is 0 Å². The fourth-order valence-electron chi connectivity index (χ4n) is 5.89. The summed E-state index contributed by atoms with van der Waals surface area (Å²) in [6, 6.07) is 17.8. The quantitative estimate of drug-likeness (QED) is 0.741. The molecule has 0 radical (unpaired) electrons. The molecule has 0 aliphatic carbocycles. The minimum Gasteiger partial charge on any atom is -0.342 e. The van der Waals surface area contributed by atoms with Crippen LogP contribution in [0, 0.1) is 0 Å². The lowest BCUT2D eigenvalue weighted by molar-refractivity contribution is -0.144. The standard InChI is InChI=1S/C27H29N3O3/c1-2-23(31)29-16-12-26(13-17-29,20-8-4-3-5-9-20)25(33)30-18-14-27(15-19-30)21-10-6-7-11-22(21)28-24(27)32/h2-11H,1,12-19H2,(H,28,32). The average molecular weight is 444 g/mol. The third kappa shape index (κ3) is 3.36. The second kappa shape index (κ2) is 8.18. The Morgan fingerprint density at radius 2 is 1.45 bits per heavy atom. The molecule has 6 nitrogen and oxygen atoms in total. The maximum Gasteiger partial charge on any atom is 0.245 e. The van der Waals surface area contributed by atoms with E-state index in [4.69, 9.17) is 0 Å². The fraction of sp³-hybridized carbons (Fsp3) is 0.370. The lowest BCUT2D eigenvalue weighted by atomic mass is 9.69. The number of para-hydroxylation sites is 1. The second-order valence-corrected chi connectivity index (χ2v) is 9.35. The summed E-state index contributed by atoms with van der Waals surface area (Å²) in [5.41, 5.74) is 1.75. The number of carbonyl (C=O) groups excluding carboxylic acids is 3. The Labute approximate surface area is 194 Å². The molecule has 2 aromatic carbocycles. The van der Waals surface area contributed by atoms with E-state index < -0.39 is 10.8 Å². The molecule has 0 bridgehead atoms. The van der Waals surface area contributed by atoms with Gasteiger partial charge in [-0.2, -0.15) is 0 Å². The predicted molar refractivity (Wildman–Crippen MR) is 127 cm³/mol. The van der Waals surface area contributed by atoms with Gasteiger partial charge in [-0.1, -0.05) is 55.1 Å². The Hall–Kier alpha value is -3.41. The number of anilines is 1. The maximum atomic E-state index is 14.1. The summed E-state index contributed by atoms with van der Waals surface area (Å²) in [5.74, 6) is 0.0701. The molecule has 0 unspecified atom stereocenters. The first-order chi connectivity index (χ1) is 16.0. The van der Waals surface area contributed by atoms with Crippen LogP contribution in [-0.2, 0) is 25.2 Å². The van der Waals surface area contributed by atoms with Crippen LogP contribution in [0.15, 0.2) is 67.3 Å². The first-order valence-corrected chi connectivity index (χ1v) is 11.7. The van der Waals surface area contributed by atoms with Gasteiger partial charge in [0.15, 0.2) is 0 Å². The number of benzene rings is 2. The smallest absolute Gasteiger partial charge is 0.245 e. The molecule has 2 aromatic rings. The van der Waals surface area contributed by atoms with Gasteiger partial charge in [0.2, 0.25) is 17.7 Å². The summed E-state index contributed by atoms with van der Waals surface area (Å²) in [6.07, 6.45) is 3.74. The van der Waals surface area contributed by atoms with Crippen molar-refractivity contribution in [3.05, 3.63) is 78.4 Å². The number of hydrogen-bond donors (Lipinski definition) is 1. The third-order valence-corrected chi connectivity index (χ3v) is 7.87. The lowest BCUT2D eigenvalue weighted by Crippen LogP contribution is -2.57. The van der Waals surface area contributed by atoms with Gasteiger partial charge < -0.3 is 15.1 Å². The van der Waals surface area contributed by atoms with Gasteiger partial charge in [0, 0.05) is 31.9 Å². The zero-order valence-corrected chi connectivity index (χ0v) is 18.8. The fourth-order valence-corrected chi connectivity index (χ4v) is 5.89. The van der Waals surface area contributed by atoms with Crippen LogP contribution < -0.4 is 5.32 Å². The Morgan fingerprint density at radius 1 is 0.848 bits per heavy atom. The molecule has 3 amide bonds. The summed E-state index contributed by atoms with van der Waals surface area (Å²) in [5, 5.41) is 3.03. The molecule has 5 rings (SSSR count). The van der Waals surface area contributed by atoms with Crippen LogP contribution in [0.3, 0.4) is 0 Å². The number of rotatable bonds is 3. The number of amides is 3. The molecule has 0 aromatic heterocycles. The van der Waals surface area contributed by atoms with Crippen LogP contribution in [0.4, 0.5) is 5.69 Å². The van der Waals surface area contributed by atoms with E-state index in [1.165, 1.54) is 6.08 Å². The number of nitrogens with one attached hydrogen (secondary N) is 1. The molecule has 170 valence electrons. The molecule has 33 heavy (non-hydrogen) atoms. The predicted octanol–water partition coefficient (Wildman–Crippen LogP) is 3.25. The molecular formula is C27H29N3O3. The van der Waals surface area contributed by atoms with Gasteiger partial charge in [-0.25, -0.2) is 0 Å². The Kier molecular flexibility index (Phi) is 5.31. The van der Waals surface area contributed by atoms with Crippen molar-refractivity contribution in [2.75, 3.05) is 31.5 Å². The lowest BCUT2D eigenvalue weighted by Gasteiger charge is -2.46. The minimum absolute atomic E-state index is 0.0461. The summed E-state index contributed by atoms with van der Waals surface area (Å²) in [4.78, 5) is 42.8. The average Bonchev–Trinajstić information content (AvgIpc) is 3.15. The van der Waals surface area contributed by atoms with E-state index >= 15 is 0 Å². The first-order valence-electron chi connectivity index (χ1n) is 11.7. The first kappa shape index (κ1) is 21.4. The monoisotopic (exact) mass is 443 g/mol. The van der Waals surface area contributed by atoms with Crippen molar-refractivity contribution in [2.45, 2.75) is 36.5 Å². The molecule has 3 aliphatic heterocycles. The zero-order chi connectivity index (χ0) is 23.1. The Balaban J connectivity index is 1.39. The van der Waals surface area contributed by atoms with Crippen molar-refractivity contribution in [3.63, 3.8) is 0 Å². The van der Waals surface area contributed by atoms with Crippen molar-refractivity contribution < 1.29 is 14.4 Å². The summed E-state index contributed by atoms with van der Waals surface area (Å²) in [7, 11) is 0. The van der Waals surface area contributed by atoms with Gasteiger partial charge in [-0.05, 0) is 49.0 Å². The van der Waals surface area contributed by atoms with E-state index in [1.54, 1.807) is 4.90 Å². The van der Waals surface area contributed by atoms with Crippen LogP contribution in [0.25, 0.3) is 0 Å².